The van der Waals surface area contributed by atoms with Crippen LogP contribution < -0.4 is 0 Å². The van der Waals surface area contributed by atoms with Crippen LogP contribution in [0.3, 0.4) is 0 Å². The third-order valence-electron chi connectivity index (χ3n) is 3.10. The van der Waals surface area contributed by atoms with Gasteiger partial charge in [-0.2, -0.15) is 43.9 Å². The molecule has 0 aromatic rings. The first-order valence-electron chi connectivity index (χ1n) is 5.96. The Kier molecular flexibility index (Phi) is 4.91. The molecule has 0 aliphatic carbocycles. The van der Waals surface area contributed by atoms with Crippen molar-refractivity contribution in [1.29, 1.82) is 0 Å². The van der Waals surface area contributed by atoms with E-state index in [2.05, 4.69) is 16.1 Å². The number of rotatable bonds is 2. The molecule has 0 aromatic heterocycles. The van der Waals surface area contributed by atoms with Crippen molar-refractivity contribution >= 4 is 5.97 Å². The average Bonchev–Trinajstić information content (AvgIpc) is 2.36. The van der Waals surface area contributed by atoms with Crippen LogP contribution in [0.15, 0.2) is 12.2 Å². The van der Waals surface area contributed by atoms with E-state index in [1.165, 1.54) is 0 Å². The lowest BCUT2D eigenvalue weighted by Gasteiger charge is -2.48. The Morgan fingerprint density at radius 1 is 1.12 bits per heavy atom. The van der Waals surface area contributed by atoms with Crippen molar-refractivity contribution in [3.05, 3.63) is 12.2 Å². The predicted molar refractivity (Wildman–Crippen MR) is 56.5 cm³/mol. The molecule has 0 bridgehead atoms. The topological polar surface area (TPSA) is 55.8 Å². The van der Waals surface area contributed by atoms with Crippen LogP contribution in [0, 0.1) is 0 Å². The number of esters is 1. The number of alkyl halides is 10. The molecule has 3 atom stereocenters. The maximum Gasteiger partial charge on any atom is 0.422 e. The molecule has 1 heterocycles. The van der Waals surface area contributed by atoms with Gasteiger partial charge in [0.1, 0.15) is 5.57 Å². The monoisotopic (exact) mass is 394 g/mol. The van der Waals surface area contributed by atoms with E-state index < -0.39 is 53.7 Å². The van der Waals surface area contributed by atoms with Crippen molar-refractivity contribution in [3.8, 4) is 0 Å². The lowest BCUT2D eigenvalue weighted by Crippen LogP contribution is -2.73. The molecule has 1 saturated heterocycles. The summed E-state index contributed by atoms with van der Waals surface area (Å²) >= 11 is 0. The minimum absolute atomic E-state index is 0.152. The van der Waals surface area contributed by atoms with E-state index in [1.807, 2.05) is 0 Å². The van der Waals surface area contributed by atoms with Crippen molar-refractivity contribution in [3.63, 3.8) is 0 Å². The van der Waals surface area contributed by atoms with Crippen LogP contribution in [0.4, 0.5) is 43.9 Å². The van der Waals surface area contributed by atoms with Crippen molar-refractivity contribution in [2.24, 2.45) is 0 Å². The standard InChI is InChI=1S/C11H8F10O4/c1-3(10(16,17)18)4(22)24-5-8(12,13)6(11(19,20)21)25-7(2,23)9(5,14)15/h5-6,23H,1H2,2H3. The lowest BCUT2D eigenvalue weighted by atomic mass is 9.90. The Hall–Kier alpha value is -1.57. The van der Waals surface area contributed by atoms with Gasteiger partial charge in [0.2, 0.25) is 18.0 Å². The lowest BCUT2D eigenvalue weighted by molar-refractivity contribution is -0.456. The number of hydrogen-bond acceptors (Lipinski definition) is 4. The first-order valence-corrected chi connectivity index (χ1v) is 5.96. The molecule has 1 N–H and O–H groups in total. The normalized spacial score (nSPS) is 32.2. The summed E-state index contributed by atoms with van der Waals surface area (Å²) in [6.45, 7) is 1.93. The largest absolute Gasteiger partial charge is 0.445 e. The van der Waals surface area contributed by atoms with E-state index >= 15 is 0 Å². The minimum atomic E-state index is -6.03. The maximum absolute atomic E-state index is 13.8. The Bertz CT molecular complexity index is 562. The molecule has 1 rings (SSSR count). The first kappa shape index (κ1) is 21.5. The smallest absolute Gasteiger partial charge is 0.422 e. The fourth-order valence-corrected chi connectivity index (χ4v) is 1.74. The molecule has 1 fully saturated rings. The van der Waals surface area contributed by atoms with Gasteiger partial charge in [-0.25, -0.2) is 4.79 Å². The van der Waals surface area contributed by atoms with Crippen LogP contribution in [-0.4, -0.2) is 53.3 Å². The first-order chi connectivity index (χ1) is 10.8. The zero-order valence-electron chi connectivity index (χ0n) is 11.8. The van der Waals surface area contributed by atoms with E-state index in [1.54, 1.807) is 0 Å². The summed E-state index contributed by atoms with van der Waals surface area (Å²) in [6.07, 6.45) is -20.4. The highest BCUT2D eigenvalue weighted by atomic mass is 19.4. The SMILES string of the molecule is C=C(C(=O)OC1C(F)(F)C(C(F)(F)F)OC(C)(O)C1(F)F)C(F)(F)F. The van der Waals surface area contributed by atoms with E-state index in [4.69, 9.17) is 0 Å². The molecule has 0 amide bonds. The van der Waals surface area contributed by atoms with Crippen molar-refractivity contribution in [1.82, 2.24) is 0 Å². The molecule has 0 radical (unpaired) electrons. The number of ether oxygens (including phenoxy) is 2. The molecule has 0 aromatic carbocycles. The number of carbonyl (C=O) groups excluding carboxylic acids is 1. The highest BCUT2D eigenvalue weighted by molar-refractivity contribution is 5.89. The summed E-state index contributed by atoms with van der Waals surface area (Å²) in [5.41, 5.74) is -2.52. The second kappa shape index (κ2) is 5.72. The Labute approximate surface area is 132 Å². The molecule has 14 heteroatoms. The number of carbonyl (C=O) groups is 1. The van der Waals surface area contributed by atoms with Gasteiger partial charge >= 0.3 is 30.2 Å². The van der Waals surface area contributed by atoms with E-state index in [9.17, 15) is 53.8 Å². The van der Waals surface area contributed by atoms with Crippen LogP contribution in [0.5, 0.6) is 0 Å². The molecule has 0 saturated carbocycles. The summed E-state index contributed by atoms with van der Waals surface area (Å²) in [4.78, 5) is 11.1. The van der Waals surface area contributed by atoms with Crippen LogP contribution in [0.2, 0.25) is 0 Å². The van der Waals surface area contributed by atoms with E-state index in [0.717, 1.165) is 0 Å². The van der Waals surface area contributed by atoms with Crippen molar-refractivity contribution in [2.45, 2.75) is 49.1 Å². The number of hydrogen-bond donors (Lipinski definition) is 1. The van der Waals surface area contributed by atoms with E-state index in [-0.39, 0.29) is 6.92 Å². The summed E-state index contributed by atoms with van der Waals surface area (Å²) < 4.78 is 136. The third-order valence-corrected chi connectivity index (χ3v) is 3.10. The van der Waals surface area contributed by atoms with Gasteiger partial charge in [0.25, 0.3) is 0 Å². The van der Waals surface area contributed by atoms with Crippen LogP contribution in [0.1, 0.15) is 6.92 Å². The van der Waals surface area contributed by atoms with Crippen LogP contribution >= 0.6 is 0 Å². The zero-order valence-corrected chi connectivity index (χ0v) is 11.8. The van der Waals surface area contributed by atoms with Crippen LogP contribution in [0.25, 0.3) is 0 Å². The number of halogens is 10. The van der Waals surface area contributed by atoms with Gasteiger partial charge in [0, 0.05) is 0 Å². The van der Waals surface area contributed by atoms with Gasteiger partial charge in [-0.1, -0.05) is 6.58 Å². The summed E-state index contributed by atoms with van der Waals surface area (Å²) in [6, 6.07) is 0. The Balaban J connectivity index is 3.36. The molecule has 146 valence electrons. The summed E-state index contributed by atoms with van der Waals surface area (Å²) in [5, 5.41) is 9.21. The van der Waals surface area contributed by atoms with Crippen molar-refractivity contribution < 1.29 is 63.3 Å². The second-order valence-corrected chi connectivity index (χ2v) is 5.08. The Morgan fingerprint density at radius 3 is 1.92 bits per heavy atom. The quantitative estimate of drug-likeness (QED) is 0.445. The molecular weight excluding hydrogens is 386 g/mol. The van der Waals surface area contributed by atoms with Gasteiger partial charge in [-0.3, -0.25) is 0 Å². The average molecular weight is 394 g/mol. The van der Waals surface area contributed by atoms with Crippen LogP contribution in [-0.2, 0) is 14.3 Å². The molecule has 1 aliphatic rings. The molecule has 4 nitrogen and oxygen atoms in total. The number of aliphatic hydroxyl groups is 1. The Morgan fingerprint density at radius 2 is 1.56 bits per heavy atom. The molecule has 3 unspecified atom stereocenters. The fraction of sp³-hybridized carbons (Fsp3) is 0.727. The van der Waals surface area contributed by atoms with Gasteiger partial charge in [0.15, 0.2) is 0 Å². The van der Waals surface area contributed by atoms with Gasteiger partial charge < -0.3 is 14.6 Å². The summed E-state index contributed by atoms with van der Waals surface area (Å²) in [7, 11) is 0. The maximum atomic E-state index is 13.8. The molecule has 1 aliphatic heterocycles. The molecule has 25 heavy (non-hydrogen) atoms. The second-order valence-electron chi connectivity index (χ2n) is 5.08. The fourth-order valence-electron chi connectivity index (χ4n) is 1.74. The predicted octanol–water partition coefficient (Wildman–Crippen LogP) is 2.96. The summed E-state index contributed by atoms with van der Waals surface area (Å²) in [5.74, 6) is -18.2. The zero-order chi connectivity index (χ0) is 20.2. The van der Waals surface area contributed by atoms with E-state index in [0.29, 0.717) is 0 Å². The highest BCUT2D eigenvalue weighted by Crippen LogP contribution is 2.52. The molecular formula is C11H8F10O4. The third kappa shape index (κ3) is 3.68. The van der Waals surface area contributed by atoms with Gasteiger partial charge in [0.05, 0.1) is 0 Å². The van der Waals surface area contributed by atoms with Gasteiger partial charge in [-0.05, 0) is 6.92 Å². The van der Waals surface area contributed by atoms with Gasteiger partial charge in [-0.15, -0.1) is 0 Å². The molecule has 0 spiro atoms. The van der Waals surface area contributed by atoms with Crippen molar-refractivity contribution in [2.75, 3.05) is 0 Å². The highest BCUT2D eigenvalue weighted by Gasteiger charge is 2.79. The minimum Gasteiger partial charge on any atom is -0.445 e.